The largest absolute Gasteiger partial charge is 0.378 e. The number of nitrogens with zero attached hydrogens (tertiary/aromatic N) is 1. The Morgan fingerprint density at radius 1 is 0.964 bits per heavy atom. The number of fused-ring (bicyclic) bond motifs is 5. The molecule has 7 unspecified atom stereocenters. The topological polar surface area (TPSA) is 48.6 Å². The average molecular weight is 395 g/mol. The van der Waals surface area contributed by atoms with Gasteiger partial charge in [-0.3, -0.25) is 10.2 Å². The lowest BCUT2D eigenvalue weighted by molar-refractivity contribution is -0.0631. The van der Waals surface area contributed by atoms with Crippen molar-refractivity contribution in [3.05, 3.63) is 0 Å². The van der Waals surface area contributed by atoms with Gasteiger partial charge in [-0.2, -0.15) is 0 Å². The minimum Gasteiger partial charge on any atom is -0.378 e. The van der Waals surface area contributed by atoms with Gasteiger partial charge in [-0.05, 0) is 77.8 Å². The summed E-state index contributed by atoms with van der Waals surface area (Å²) in [4.78, 5) is 2.71. The van der Waals surface area contributed by atoms with Crippen LogP contribution in [0.1, 0.15) is 64.7 Å². The third kappa shape index (κ3) is 3.87. The molecule has 160 valence electrons. The minimum absolute atomic E-state index is 0.242. The van der Waals surface area contributed by atoms with Crippen molar-refractivity contribution >= 4 is 0 Å². The molecule has 3 N–H and O–H groups in total. The Balaban J connectivity index is 1.41. The van der Waals surface area contributed by atoms with Crippen LogP contribution in [-0.4, -0.2) is 73.2 Å². The fourth-order valence-electron chi connectivity index (χ4n) is 6.86. The van der Waals surface area contributed by atoms with E-state index in [1.807, 2.05) is 0 Å². The highest BCUT2D eigenvalue weighted by molar-refractivity contribution is 5.04. The van der Waals surface area contributed by atoms with Gasteiger partial charge < -0.3 is 15.4 Å². The predicted octanol–water partition coefficient (Wildman–Crippen LogP) is 2.16. The second-order valence-corrected chi connectivity index (χ2v) is 10.0. The summed E-state index contributed by atoms with van der Waals surface area (Å²) in [5.41, 5.74) is 0. The number of rotatable bonds is 0. The standard InChI is InChI=1S/C22H39FN4O/c1-14-9-12-28-20-6-4-15(23)13-16(20)19-3-2-11-27(19)21-7-5-17-22(26-21)18(25-14)8-10-24-17/h14-22,24-26H,2-13H2,1H3/t14-,15?,16?,17?,18?,19+,20?,21?,22?/m0/s1. The van der Waals surface area contributed by atoms with E-state index < -0.39 is 6.17 Å². The number of piperidine rings is 2. The van der Waals surface area contributed by atoms with Gasteiger partial charge in [0.25, 0.3) is 0 Å². The van der Waals surface area contributed by atoms with Crippen LogP contribution < -0.4 is 16.0 Å². The summed E-state index contributed by atoms with van der Waals surface area (Å²) in [7, 11) is 0. The van der Waals surface area contributed by atoms with Crippen LogP contribution in [0, 0.1) is 5.92 Å². The van der Waals surface area contributed by atoms with Crippen molar-refractivity contribution < 1.29 is 9.13 Å². The molecule has 1 saturated carbocycles. The van der Waals surface area contributed by atoms with Crippen LogP contribution in [-0.2, 0) is 4.74 Å². The molecule has 5 nitrogen and oxygen atoms in total. The van der Waals surface area contributed by atoms with E-state index in [-0.39, 0.29) is 6.10 Å². The van der Waals surface area contributed by atoms with Crippen LogP contribution in [0.4, 0.5) is 4.39 Å². The molecular formula is C22H39FN4O. The first kappa shape index (κ1) is 19.7. The number of alkyl halides is 1. The molecule has 0 aromatic carbocycles. The second kappa shape index (κ2) is 8.46. The van der Waals surface area contributed by atoms with E-state index in [2.05, 4.69) is 27.8 Å². The molecule has 0 aromatic heterocycles. The van der Waals surface area contributed by atoms with E-state index in [1.54, 1.807) is 0 Å². The van der Waals surface area contributed by atoms with Gasteiger partial charge >= 0.3 is 0 Å². The fourth-order valence-corrected chi connectivity index (χ4v) is 6.86. The zero-order valence-electron chi connectivity index (χ0n) is 17.4. The summed E-state index contributed by atoms with van der Waals surface area (Å²) in [5, 5.41) is 11.7. The summed E-state index contributed by atoms with van der Waals surface area (Å²) < 4.78 is 20.8. The van der Waals surface area contributed by atoms with Crippen molar-refractivity contribution in [2.45, 2.75) is 113 Å². The van der Waals surface area contributed by atoms with E-state index in [0.717, 1.165) is 32.5 Å². The fraction of sp³-hybridized carbons (Fsp3) is 1.00. The second-order valence-electron chi connectivity index (χ2n) is 10.0. The molecule has 0 amide bonds. The van der Waals surface area contributed by atoms with Crippen molar-refractivity contribution in [3.63, 3.8) is 0 Å². The van der Waals surface area contributed by atoms with Crippen molar-refractivity contribution in [1.82, 2.24) is 20.9 Å². The average Bonchev–Trinajstić information content (AvgIpc) is 3.18. The molecule has 9 atom stereocenters. The van der Waals surface area contributed by atoms with Crippen molar-refractivity contribution in [1.29, 1.82) is 0 Å². The number of hydrogen-bond donors (Lipinski definition) is 3. The third-order valence-electron chi connectivity index (χ3n) is 8.25. The lowest BCUT2D eigenvalue weighted by Gasteiger charge is -2.50. The molecule has 5 rings (SSSR count). The summed E-state index contributed by atoms with van der Waals surface area (Å²) in [6, 6.07) is 2.55. The smallest absolute Gasteiger partial charge is 0.101 e. The number of hydrogen-bond acceptors (Lipinski definition) is 5. The molecule has 4 aliphatic heterocycles. The molecule has 6 heteroatoms. The first-order valence-electron chi connectivity index (χ1n) is 12.0. The normalized spacial score (nSPS) is 50.6. The van der Waals surface area contributed by atoms with Crippen molar-refractivity contribution in [2.24, 2.45) is 5.92 Å². The number of nitrogens with one attached hydrogen (secondary N) is 3. The van der Waals surface area contributed by atoms with E-state index >= 15 is 0 Å². The first-order valence-corrected chi connectivity index (χ1v) is 12.0. The highest BCUT2D eigenvalue weighted by Gasteiger charge is 2.46. The Morgan fingerprint density at radius 3 is 2.82 bits per heavy atom. The Kier molecular flexibility index (Phi) is 5.95. The molecule has 28 heavy (non-hydrogen) atoms. The van der Waals surface area contributed by atoms with Gasteiger partial charge in [0.15, 0.2) is 0 Å². The minimum atomic E-state index is -0.640. The van der Waals surface area contributed by atoms with E-state index in [9.17, 15) is 4.39 Å². The molecule has 0 radical (unpaired) electrons. The van der Waals surface area contributed by atoms with E-state index in [1.165, 1.54) is 32.1 Å². The Hall–Kier alpha value is -0.270. The predicted molar refractivity (Wildman–Crippen MR) is 109 cm³/mol. The van der Waals surface area contributed by atoms with E-state index in [0.29, 0.717) is 55.1 Å². The molecule has 4 saturated heterocycles. The monoisotopic (exact) mass is 394 g/mol. The molecule has 0 aromatic rings. The van der Waals surface area contributed by atoms with Gasteiger partial charge in [0.2, 0.25) is 0 Å². The first-order chi connectivity index (χ1) is 13.7. The molecular weight excluding hydrogens is 355 g/mol. The maximum atomic E-state index is 14.4. The summed E-state index contributed by atoms with van der Waals surface area (Å²) in [5.74, 6) is 0.357. The zero-order valence-corrected chi connectivity index (χ0v) is 17.4. The van der Waals surface area contributed by atoms with Gasteiger partial charge in [-0.1, -0.05) is 0 Å². The molecule has 4 heterocycles. The Bertz CT molecular complexity index is 537. The molecule has 1 aliphatic carbocycles. The SMILES string of the molecule is C[C@H]1CCOC2CCC(F)CC2[C@H]2CCCN2C2CCC3NCCC(N1)C3N2. The van der Waals surface area contributed by atoms with Crippen LogP contribution in [0.2, 0.25) is 0 Å². The lowest BCUT2D eigenvalue weighted by Crippen LogP contribution is -2.70. The third-order valence-corrected chi connectivity index (χ3v) is 8.25. The van der Waals surface area contributed by atoms with Crippen LogP contribution in [0.5, 0.6) is 0 Å². The van der Waals surface area contributed by atoms with Gasteiger partial charge in [0.1, 0.15) is 6.17 Å². The summed E-state index contributed by atoms with van der Waals surface area (Å²) in [6.07, 6.45) is 9.44. The van der Waals surface area contributed by atoms with Crippen molar-refractivity contribution in [3.8, 4) is 0 Å². The molecule has 5 fully saturated rings. The zero-order chi connectivity index (χ0) is 19.1. The quantitative estimate of drug-likeness (QED) is 0.588. The number of ether oxygens (including phenoxy) is 1. The van der Waals surface area contributed by atoms with Crippen LogP contribution in [0.25, 0.3) is 0 Å². The van der Waals surface area contributed by atoms with Gasteiger partial charge in [0.05, 0.1) is 12.3 Å². The van der Waals surface area contributed by atoms with E-state index in [4.69, 9.17) is 4.74 Å². The lowest BCUT2D eigenvalue weighted by atomic mass is 9.79. The summed E-state index contributed by atoms with van der Waals surface area (Å²) in [6.45, 7) is 5.37. The molecule has 2 bridgehead atoms. The van der Waals surface area contributed by atoms with Crippen LogP contribution >= 0.6 is 0 Å². The van der Waals surface area contributed by atoms with Gasteiger partial charge in [-0.15, -0.1) is 0 Å². The van der Waals surface area contributed by atoms with Crippen molar-refractivity contribution in [2.75, 3.05) is 19.7 Å². The van der Waals surface area contributed by atoms with Gasteiger partial charge in [-0.25, -0.2) is 4.39 Å². The van der Waals surface area contributed by atoms with Gasteiger partial charge in [0, 0.05) is 42.7 Å². The summed E-state index contributed by atoms with van der Waals surface area (Å²) >= 11 is 0. The maximum absolute atomic E-state index is 14.4. The highest BCUT2D eigenvalue weighted by Crippen LogP contribution is 2.39. The number of halogens is 1. The Morgan fingerprint density at radius 2 is 1.89 bits per heavy atom. The Labute approximate surface area is 169 Å². The molecule has 0 spiro atoms. The van der Waals surface area contributed by atoms with Crippen LogP contribution in [0.3, 0.4) is 0 Å². The molecule has 5 aliphatic rings. The highest BCUT2D eigenvalue weighted by atomic mass is 19.1. The van der Waals surface area contributed by atoms with Crippen LogP contribution in [0.15, 0.2) is 0 Å². The maximum Gasteiger partial charge on any atom is 0.101 e.